The predicted octanol–water partition coefficient (Wildman–Crippen LogP) is 3.76. The summed E-state index contributed by atoms with van der Waals surface area (Å²) >= 11 is 0. The molecule has 106 valence electrons. The van der Waals surface area contributed by atoms with Gasteiger partial charge in [0.1, 0.15) is 11.6 Å². The first-order chi connectivity index (χ1) is 9.60. The maximum absolute atomic E-state index is 13.6. The summed E-state index contributed by atoms with van der Waals surface area (Å²) < 4.78 is 26.9. The molecule has 0 radical (unpaired) electrons. The fourth-order valence-corrected chi connectivity index (χ4v) is 2.23. The Bertz CT molecular complexity index is 564. The van der Waals surface area contributed by atoms with Crippen molar-refractivity contribution in [1.82, 2.24) is 10.3 Å². The zero-order valence-corrected chi connectivity index (χ0v) is 11.7. The molecule has 1 aromatic carbocycles. The summed E-state index contributed by atoms with van der Waals surface area (Å²) in [5, 5.41) is 3.31. The number of hydrogen-bond acceptors (Lipinski definition) is 2. The fraction of sp³-hybridized carbons (Fsp3) is 0.312. The summed E-state index contributed by atoms with van der Waals surface area (Å²) in [5.74, 6) is -0.674. The highest BCUT2D eigenvalue weighted by Crippen LogP contribution is 2.24. The van der Waals surface area contributed by atoms with Crippen LogP contribution < -0.4 is 5.32 Å². The highest BCUT2D eigenvalue weighted by molar-refractivity contribution is 5.33. The molecule has 0 aliphatic carbocycles. The van der Waals surface area contributed by atoms with Gasteiger partial charge < -0.3 is 5.32 Å². The Labute approximate surface area is 117 Å². The molecule has 0 aliphatic rings. The van der Waals surface area contributed by atoms with Gasteiger partial charge in [0.15, 0.2) is 0 Å². The smallest absolute Gasteiger partial charge is 0.141 e. The van der Waals surface area contributed by atoms with Crippen molar-refractivity contribution in [3.8, 4) is 0 Å². The Morgan fingerprint density at radius 3 is 2.45 bits per heavy atom. The number of halogens is 2. The summed E-state index contributed by atoms with van der Waals surface area (Å²) in [6.07, 6.45) is 3.71. The van der Waals surface area contributed by atoms with E-state index in [1.54, 1.807) is 6.20 Å². The van der Waals surface area contributed by atoms with E-state index in [9.17, 15) is 8.78 Å². The molecule has 20 heavy (non-hydrogen) atoms. The van der Waals surface area contributed by atoms with Crippen LogP contribution in [0.4, 0.5) is 8.78 Å². The van der Waals surface area contributed by atoms with Crippen LogP contribution in [0.2, 0.25) is 0 Å². The number of rotatable bonds is 5. The van der Waals surface area contributed by atoms with Gasteiger partial charge in [-0.3, -0.25) is 4.98 Å². The second-order valence-electron chi connectivity index (χ2n) is 4.89. The SMILES string of the molecule is CCCNC(c1cncc(F)c1)c1cc(C)cc(F)c1. The predicted molar refractivity (Wildman–Crippen MR) is 75.5 cm³/mol. The molecule has 1 atom stereocenters. The van der Waals surface area contributed by atoms with Gasteiger partial charge in [-0.1, -0.05) is 13.0 Å². The number of pyridine rings is 1. The first-order valence-corrected chi connectivity index (χ1v) is 6.71. The number of hydrogen-bond donors (Lipinski definition) is 1. The lowest BCUT2D eigenvalue weighted by Gasteiger charge is -2.20. The minimum atomic E-state index is -0.390. The van der Waals surface area contributed by atoms with E-state index in [0.29, 0.717) is 5.56 Å². The van der Waals surface area contributed by atoms with Crippen molar-refractivity contribution in [1.29, 1.82) is 0 Å². The van der Waals surface area contributed by atoms with Gasteiger partial charge >= 0.3 is 0 Å². The third-order valence-corrected chi connectivity index (χ3v) is 3.06. The summed E-state index contributed by atoms with van der Waals surface area (Å²) in [6.45, 7) is 4.65. The van der Waals surface area contributed by atoms with Gasteiger partial charge in [-0.2, -0.15) is 0 Å². The van der Waals surface area contributed by atoms with Crippen LogP contribution in [0, 0.1) is 18.6 Å². The summed E-state index contributed by atoms with van der Waals surface area (Å²) in [5.41, 5.74) is 2.32. The number of nitrogens with zero attached hydrogens (tertiary/aromatic N) is 1. The number of benzene rings is 1. The van der Waals surface area contributed by atoms with E-state index >= 15 is 0 Å². The molecule has 0 amide bonds. The minimum absolute atomic E-state index is 0.257. The van der Waals surface area contributed by atoms with Crippen molar-refractivity contribution in [3.05, 3.63) is 65.0 Å². The Balaban J connectivity index is 2.41. The van der Waals surface area contributed by atoms with Crippen LogP contribution in [0.15, 0.2) is 36.7 Å². The van der Waals surface area contributed by atoms with Gasteiger partial charge in [-0.05, 0) is 54.8 Å². The van der Waals surface area contributed by atoms with Gasteiger partial charge in [0, 0.05) is 6.20 Å². The van der Waals surface area contributed by atoms with Crippen LogP contribution in [0.3, 0.4) is 0 Å². The first kappa shape index (κ1) is 14.6. The highest BCUT2D eigenvalue weighted by atomic mass is 19.1. The van der Waals surface area contributed by atoms with Crippen LogP contribution in [0.5, 0.6) is 0 Å². The lowest BCUT2D eigenvalue weighted by molar-refractivity contribution is 0.573. The molecule has 1 heterocycles. The van der Waals surface area contributed by atoms with E-state index in [4.69, 9.17) is 0 Å². The third kappa shape index (κ3) is 3.61. The Kier molecular flexibility index (Phi) is 4.79. The summed E-state index contributed by atoms with van der Waals surface area (Å²) in [6, 6.07) is 6.03. The van der Waals surface area contributed by atoms with Gasteiger partial charge in [0.2, 0.25) is 0 Å². The molecule has 4 heteroatoms. The minimum Gasteiger partial charge on any atom is -0.306 e. The standard InChI is InChI=1S/C16H18F2N2/c1-3-4-20-16(13-8-15(18)10-19-9-13)12-5-11(2)6-14(17)7-12/h5-10,16,20H,3-4H2,1-2H3. The molecule has 0 fully saturated rings. The van der Waals surface area contributed by atoms with Crippen molar-refractivity contribution in [3.63, 3.8) is 0 Å². The molecule has 0 aliphatic heterocycles. The average molecular weight is 276 g/mol. The Hall–Kier alpha value is -1.81. The molecule has 0 saturated carbocycles. The van der Waals surface area contributed by atoms with Gasteiger partial charge in [-0.25, -0.2) is 8.78 Å². The van der Waals surface area contributed by atoms with Gasteiger partial charge in [0.25, 0.3) is 0 Å². The second-order valence-corrected chi connectivity index (χ2v) is 4.89. The molecule has 2 aromatic rings. The van der Waals surface area contributed by atoms with Crippen LogP contribution in [0.25, 0.3) is 0 Å². The average Bonchev–Trinajstić information content (AvgIpc) is 2.38. The van der Waals surface area contributed by atoms with Crippen molar-refractivity contribution in [2.45, 2.75) is 26.3 Å². The largest absolute Gasteiger partial charge is 0.306 e. The molecule has 0 spiro atoms. The molecule has 2 nitrogen and oxygen atoms in total. The molecule has 2 rings (SSSR count). The normalized spacial score (nSPS) is 12.4. The zero-order valence-electron chi connectivity index (χ0n) is 11.7. The molecule has 1 N–H and O–H groups in total. The van der Waals surface area contributed by atoms with Crippen molar-refractivity contribution < 1.29 is 8.78 Å². The molecular formula is C16H18F2N2. The van der Waals surface area contributed by atoms with Gasteiger partial charge in [-0.15, -0.1) is 0 Å². The lowest BCUT2D eigenvalue weighted by Crippen LogP contribution is -2.23. The maximum atomic E-state index is 13.6. The Morgan fingerprint density at radius 1 is 1.05 bits per heavy atom. The fourth-order valence-electron chi connectivity index (χ4n) is 2.23. The topological polar surface area (TPSA) is 24.9 Å². The lowest BCUT2D eigenvalue weighted by atomic mass is 9.98. The number of aryl methyl sites for hydroxylation is 1. The molecule has 0 bridgehead atoms. The van der Waals surface area contributed by atoms with E-state index in [2.05, 4.69) is 10.3 Å². The van der Waals surface area contributed by atoms with Crippen LogP contribution in [-0.4, -0.2) is 11.5 Å². The molecule has 1 aromatic heterocycles. The van der Waals surface area contributed by atoms with Crippen molar-refractivity contribution in [2.75, 3.05) is 6.54 Å². The van der Waals surface area contributed by atoms with Crippen molar-refractivity contribution in [2.24, 2.45) is 0 Å². The van der Waals surface area contributed by atoms with E-state index in [1.807, 2.05) is 19.9 Å². The van der Waals surface area contributed by atoms with E-state index < -0.39 is 0 Å². The van der Waals surface area contributed by atoms with Crippen LogP contribution in [0.1, 0.15) is 36.1 Å². The van der Waals surface area contributed by atoms with E-state index in [0.717, 1.165) is 30.3 Å². The zero-order chi connectivity index (χ0) is 14.5. The first-order valence-electron chi connectivity index (χ1n) is 6.71. The molecule has 1 unspecified atom stereocenters. The molecular weight excluding hydrogens is 258 g/mol. The second kappa shape index (κ2) is 6.57. The summed E-state index contributed by atoms with van der Waals surface area (Å²) in [4.78, 5) is 3.87. The van der Waals surface area contributed by atoms with E-state index in [1.165, 1.54) is 18.2 Å². The number of nitrogens with one attached hydrogen (secondary N) is 1. The van der Waals surface area contributed by atoms with Crippen LogP contribution >= 0.6 is 0 Å². The van der Waals surface area contributed by atoms with Crippen molar-refractivity contribution >= 4 is 0 Å². The third-order valence-electron chi connectivity index (χ3n) is 3.06. The quantitative estimate of drug-likeness (QED) is 0.899. The number of aromatic nitrogens is 1. The van der Waals surface area contributed by atoms with E-state index in [-0.39, 0.29) is 17.7 Å². The maximum Gasteiger partial charge on any atom is 0.141 e. The van der Waals surface area contributed by atoms with Gasteiger partial charge in [0.05, 0.1) is 12.2 Å². The van der Waals surface area contributed by atoms with Crippen LogP contribution in [-0.2, 0) is 0 Å². The highest BCUT2D eigenvalue weighted by Gasteiger charge is 2.15. The molecule has 0 saturated heterocycles. The monoisotopic (exact) mass is 276 g/mol. The Morgan fingerprint density at radius 2 is 1.80 bits per heavy atom. The summed E-state index contributed by atoms with van der Waals surface area (Å²) in [7, 11) is 0.